The Hall–Kier alpha value is -7.96. The number of hydrogen-bond donors (Lipinski definition) is 8. The molecule has 6 aromatic carbocycles. The molecule has 43 heteroatoms. The van der Waals surface area contributed by atoms with Crippen molar-refractivity contribution in [3.63, 3.8) is 0 Å². The minimum Gasteiger partial charge on any atom is -0.497 e. The molecule has 1 aromatic heterocycles. The number of rotatable bonds is 13. The van der Waals surface area contributed by atoms with Gasteiger partial charge >= 0.3 is 30.9 Å². The number of alkyl halides is 18. The minimum absolute atomic E-state index is 0.0305. The molecule has 0 saturated carbocycles. The largest absolute Gasteiger partial charge is 0.497 e. The number of ether oxygens (including phenoxy) is 2. The summed E-state index contributed by atoms with van der Waals surface area (Å²) in [7, 11) is 2.97. The van der Waals surface area contributed by atoms with Crippen LogP contribution in [0.3, 0.4) is 0 Å². The number of carbonyl (C=O) groups is 6. The van der Waals surface area contributed by atoms with Crippen molar-refractivity contribution < 1.29 is 122 Å². The monoisotopic (exact) mass is 1760 g/mol. The molecule has 0 aliphatic heterocycles. The zero-order valence-corrected chi connectivity index (χ0v) is 57.0. The van der Waals surface area contributed by atoms with Gasteiger partial charge in [0.25, 0.3) is 40.3 Å². The number of fused-ring (bicyclic) bond motifs is 1. The third-order valence-corrected chi connectivity index (χ3v) is 14.6. The van der Waals surface area contributed by atoms with E-state index in [1.807, 2.05) is 5.32 Å². The van der Waals surface area contributed by atoms with Gasteiger partial charge in [-0.2, -0.15) is 65.9 Å². The Bertz CT molecular complexity index is 4040. The molecule has 0 atom stereocenters. The molecule has 0 bridgehead atoms. The number of benzene rings is 6. The standard InChI is InChI=1S/C17H16BrF3N2O3.C10H7BrF4N2O2.C10H5BrF4N2O.C8H4BrF4NO.C8H6BrF3N2O.C2H2ClFO/c1-25-11-4-3-9(14(7-11)26-2)8-23-13-6-10(17(19,20)21)5-12(18)15(13)16(22)24;11-5-1-4(10(13,14)15)2-6(8(5)9(16)19)17-7(18)3-12;11-5-1-4(10(13,14)15)2-6-8(5)9(18)17-7(3-12)16-6;9-4-1-3(8(11,12)13)2-5(10)6(4)7(14)15;9-4-1-3(8(10,11)12)2-5(13)6(4)7(14)15;3-2(5)1-4/h3-7,23H,8H2,1-2H3,(H2,22,24);1-2H,3H2,(H2,16,19)(H,17,18);1-2H,3H2,(H,16,17,18);1-2H,(H2,14,15);1-2H,13H2,(H2,14,15);1H2. The Morgan fingerprint density at radius 2 is 0.918 bits per heavy atom. The fourth-order valence-electron chi connectivity index (χ4n) is 7.17. The highest BCUT2D eigenvalue weighted by molar-refractivity contribution is 9.11. The van der Waals surface area contributed by atoms with Gasteiger partial charge in [0.15, 0.2) is 13.3 Å². The zero-order chi connectivity index (χ0) is 75.7. The molecule has 7 rings (SSSR count). The van der Waals surface area contributed by atoms with Crippen molar-refractivity contribution in [2.45, 2.75) is 44.1 Å². The maximum absolute atomic E-state index is 13.1. The van der Waals surface area contributed by atoms with Gasteiger partial charge < -0.3 is 53.8 Å². The van der Waals surface area contributed by atoms with Crippen molar-refractivity contribution in [3.05, 3.63) is 179 Å². The lowest BCUT2D eigenvalue weighted by Gasteiger charge is -2.17. The quantitative estimate of drug-likeness (QED) is 0.0304. The first-order chi connectivity index (χ1) is 44.9. The van der Waals surface area contributed by atoms with Crippen molar-refractivity contribution in [2.24, 2.45) is 22.9 Å². The fraction of sp³-hybridized carbons (Fsp3) is 0.200. The third kappa shape index (κ3) is 25.4. The van der Waals surface area contributed by atoms with Crippen LogP contribution in [0, 0.1) is 5.82 Å². The van der Waals surface area contributed by atoms with E-state index >= 15 is 0 Å². The normalized spacial score (nSPS) is 11.3. The van der Waals surface area contributed by atoms with Crippen LogP contribution >= 0.6 is 91.3 Å². The third-order valence-electron chi connectivity index (χ3n) is 11.4. The van der Waals surface area contributed by atoms with E-state index in [1.54, 1.807) is 18.2 Å². The van der Waals surface area contributed by atoms with Gasteiger partial charge in [-0.1, -0.05) is 0 Å². The van der Waals surface area contributed by atoms with Crippen LogP contribution in [0.4, 0.5) is 100 Å². The molecular formula is C55H40Br5ClF19N9O9. The summed E-state index contributed by atoms with van der Waals surface area (Å²) in [6.07, 6.45) is -23.0. The highest BCUT2D eigenvalue weighted by Crippen LogP contribution is 2.40. The summed E-state index contributed by atoms with van der Waals surface area (Å²) in [5.74, 6) is -5.66. The van der Waals surface area contributed by atoms with Crippen molar-refractivity contribution in [2.75, 3.05) is 43.9 Å². The number of halogens is 25. The molecule has 18 nitrogen and oxygen atoms in total. The van der Waals surface area contributed by atoms with Crippen molar-refractivity contribution >= 4 is 154 Å². The number of nitrogen functional groups attached to an aromatic ring is 1. The second kappa shape index (κ2) is 36.2. The number of hydrogen-bond acceptors (Lipinski definition) is 12. The van der Waals surface area contributed by atoms with Crippen LogP contribution in [0.5, 0.6) is 11.5 Å². The molecular weight excluding hydrogens is 1730 g/mol. The van der Waals surface area contributed by atoms with Crippen LogP contribution in [0.25, 0.3) is 10.9 Å². The number of methoxy groups -OCH3 is 2. The number of amides is 5. The van der Waals surface area contributed by atoms with E-state index in [2.05, 4.69) is 107 Å². The number of anilines is 3. The lowest BCUT2D eigenvalue weighted by Crippen LogP contribution is -2.21. The molecule has 0 saturated heterocycles. The van der Waals surface area contributed by atoms with Gasteiger partial charge in [0, 0.05) is 51.9 Å². The summed E-state index contributed by atoms with van der Waals surface area (Å²) in [6.45, 7) is -3.45. The SMILES string of the molecule is COc1ccc(CNc2cc(C(F)(F)F)cc(Br)c2C(N)=O)c(OC)c1.NC(=O)c1c(Br)cc(C(F)(F)F)cc1NC(=O)CF.NC(=O)c1c(F)cc(C(F)(F)F)cc1Br.NC(=O)c1c(N)cc(C(F)(F)F)cc1Br.O=C(Cl)CF.O=c1[nH]c(CF)nc2cc(C(F)(F)F)cc(Br)c12. The molecule has 1 heterocycles. The second-order valence-electron chi connectivity index (χ2n) is 18.1. The van der Waals surface area contributed by atoms with Crippen molar-refractivity contribution in [1.29, 1.82) is 0 Å². The number of aromatic amines is 1. The Labute approximate surface area is 583 Å². The molecule has 0 aliphatic rings. The van der Waals surface area contributed by atoms with Gasteiger partial charge in [0.05, 0.1) is 80.9 Å². The zero-order valence-electron chi connectivity index (χ0n) is 48.3. The fourth-order valence-corrected chi connectivity index (χ4v) is 10.4. The van der Waals surface area contributed by atoms with Crippen LogP contribution in [0.15, 0.2) is 106 Å². The van der Waals surface area contributed by atoms with Crippen molar-refractivity contribution in [1.82, 2.24) is 9.97 Å². The Morgan fingerprint density at radius 1 is 0.531 bits per heavy atom. The van der Waals surface area contributed by atoms with E-state index in [0.29, 0.717) is 47.4 Å². The number of nitrogens with one attached hydrogen (secondary N) is 3. The lowest BCUT2D eigenvalue weighted by molar-refractivity contribution is -0.138. The predicted octanol–water partition coefficient (Wildman–Crippen LogP) is 15.4. The molecule has 534 valence electrons. The average Bonchev–Trinajstić information content (AvgIpc) is 0.768. The van der Waals surface area contributed by atoms with Gasteiger partial charge in [0.2, 0.25) is 0 Å². The van der Waals surface area contributed by atoms with E-state index in [4.69, 9.17) is 38.1 Å². The first-order valence-electron chi connectivity index (χ1n) is 25.0. The van der Waals surface area contributed by atoms with Gasteiger partial charge in [-0.3, -0.25) is 33.6 Å². The number of nitrogens with zero attached hydrogens (tertiary/aromatic N) is 1. The summed E-state index contributed by atoms with van der Waals surface area (Å²) in [5, 5.41) is 3.69. The molecule has 0 radical (unpaired) electrons. The van der Waals surface area contributed by atoms with Crippen LogP contribution < -0.4 is 54.3 Å². The maximum Gasteiger partial charge on any atom is 0.416 e. The van der Waals surface area contributed by atoms with Crippen LogP contribution in [-0.2, 0) is 53.7 Å². The predicted molar refractivity (Wildman–Crippen MR) is 333 cm³/mol. The van der Waals surface area contributed by atoms with E-state index in [0.717, 1.165) is 24.3 Å². The Morgan fingerprint density at radius 3 is 1.30 bits per heavy atom. The summed E-state index contributed by atoms with van der Waals surface area (Å²) in [6, 6.07) is 11.6. The van der Waals surface area contributed by atoms with Gasteiger partial charge in [-0.25, -0.2) is 22.5 Å². The minimum atomic E-state index is -4.69. The Kier molecular flexibility index (Phi) is 31.8. The summed E-state index contributed by atoms with van der Waals surface area (Å²) in [5.41, 5.74) is 18.0. The topological polar surface area (TPSA) is 321 Å². The van der Waals surface area contributed by atoms with E-state index in [-0.39, 0.29) is 79.8 Å². The van der Waals surface area contributed by atoms with E-state index < -0.39 is 136 Å². The molecule has 7 aromatic rings. The van der Waals surface area contributed by atoms with Crippen LogP contribution in [0.2, 0.25) is 0 Å². The number of aromatic nitrogens is 2. The van der Waals surface area contributed by atoms with E-state index in [1.165, 1.54) is 14.2 Å². The Balaban J connectivity index is 0.000000415. The van der Waals surface area contributed by atoms with Crippen LogP contribution in [0.1, 0.15) is 80.6 Å². The second-order valence-corrected chi connectivity index (χ2v) is 22.8. The summed E-state index contributed by atoms with van der Waals surface area (Å²) < 4.78 is 246. The first kappa shape index (κ1) is 86.1. The maximum atomic E-state index is 13.1. The average molecular weight is 1770 g/mol. The first-order valence-corrected chi connectivity index (χ1v) is 29.4. The molecule has 98 heavy (non-hydrogen) atoms. The van der Waals surface area contributed by atoms with Crippen molar-refractivity contribution in [3.8, 4) is 11.5 Å². The number of carbonyl (C=O) groups excluding carboxylic acids is 6. The number of primary amides is 4. The number of H-pyrrole nitrogens is 1. The van der Waals surface area contributed by atoms with Crippen LogP contribution in [-0.4, -0.2) is 72.3 Å². The van der Waals surface area contributed by atoms with Gasteiger partial charge in [-0.05, 0) is 164 Å². The molecule has 0 spiro atoms. The highest BCUT2D eigenvalue weighted by Gasteiger charge is 2.37. The highest BCUT2D eigenvalue weighted by atomic mass is 79.9. The van der Waals surface area contributed by atoms with E-state index in [9.17, 15) is 117 Å². The molecule has 0 aliphatic carbocycles. The molecule has 5 amide bonds. The smallest absolute Gasteiger partial charge is 0.416 e. The summed E-state index contributed by atoms with van der Waals surface area (Å²) in [4.78, 5) is 81.7. The molecule has 13 N–H and O–H groups in total. The number of nitrogens with two attached hydrogens (primary N) is 5. The van der Waals surface area contributed by atoms with Gasteiger partial charge in [0.1, 0.15) is 29.8 Å². The summed E-state index contributed by atoms with van der Waals surface area (Å²) >= 11 is 18.5. The lowest BCUT2D eigenvalue weighted by atomic mass is 10.1. The molecule has 0 fully saturated rings. The van der Waals surface area contributed by atoms with Gasteiger partial charge in [-0.15, -0.1) is 0 Å². The molecule has 0 unspecified atom stereocenters.